The SMILES string of the molecule is Cc1ccc(C(F)(F)CNC(=O)c2ccnc(C)c2)c(C)c1. The normalized spacial score (nSPS) is 11.3. The van der Waals surface area contributed by atoms with Crippen molar-refractivity contribution in [1.82, 2.24) is 10.3 Å². The van der Waals surface area contributed by atoms with Crippen LogP contribution in [0.3, 0.4) is 0 Å². The van der Waals surface area contributed by atoms with Crippen LogP contribution in [0.2, 0.25) is 0 Å². The predicted molar refractivity (Wildman–Crippen MR) is 81.1 cm³/mol. The zero-order chi connectivity index (χ0) is 16.3. The number of carbonyl (C=O) groups is 1. The highest BCUT2D eigenvalue weighted by atomic mass is 19.3. The quantitative estimate of drug-likeness (QED) is 0.939. The average Bonchev–Trinajstić information content (AvgIpc) is 2.44. The molecule has 0 fully saturated rings. The van der Waals surface area contributed by atoms with Crippen molar-refractivity contribution in [3.8, 4) is 0 Å². The molecular formula is C17H18F2N2O. The Bertz CT molecular complexity index is 699. The average molecular weight is 304 g/mol. The molecule has 0 aliphatic rings. The number of aromatic nitrogens is 1. The summed E-state index contributed by atoms with van der Waals surface area (Å²) in [5, 5.41) is 2.29. The van der Waals surface area contributed by atoms with Crippen molar-refractivity contribution in [2.75, 3.05) is 6.54 Å². The Labute approximate surface area is 128 Å². The Kier molecular flexibility index (Phi) is 4.54. The summed E-state index contributed by atoms with van der Waals surface area (Å²) in [4.78, 5) is 15.9. The van der Waals surface area contributed by atoms with Crippen molar-refractivity contribution in [3.63, 3.8) is 0 Å². The molecule has 22 heavy (non-hydrogen) atoms. The molecule has 3 nitrogen and oxygen atoms in total. The Morgan fingerprint density at radius 2 is 1.91 bits per heavy atom. The van der Waals surface area contributed by atoms with E-state index in [0.717, 1.165) is 5.56 Å². The Morgan fingerprint density at radius 1 is 1.18 bits per heavy atom. The summed E-state index contributed by atoms with van der Waals surface area (Å²) >= 11 is 0. The minimum atomic E-state index is -3.12. The number of halogens is 2. The molecule has 0 saturated heterocycles. The minimum absolute atomic E-state index is 0.0655. The van der Waals surface area contributed by atoms with E-state index in [1.165, 1.54) is 18.3 Å². The van der Waals surface area contributed by atoms with Gasteiger partial charge >= 0.3 is 0 Å². The van der Waals surface area contributed by atoms with E-state index in [2.05, 4.69) is 10.3 Å². The zero-order valence-electron chi connectivity index (χ0n) is 12.8. The summed E-state index contributed by atoms with van der Waals surface area (Å²) < 4.78 is 28.6. The van der Waals surface area contributed by atoms with E-state index < -0.39 is 18.4 Å². The fourth-order valence-corrected chi connectivity index (χ4v) is 2.30. The summed E-state index contributed by atoms with van der Waals surface area (Å²) in [6.45, 7) is 4.49. The molecule has 0 aliphatic heterocycles. The molecule has 0 spiro atoms. The van der Waals surface area contributed by atoms with Crippen molar-refractivity contribution in [2.45, 2.75) is 26.7 Å². The molecule has 1 aromatic heterocycles. The van der Waals surface area contributed by atoms with E-state index in [0.29, 0.717) is 16.8 Å². The summed E-state index contributed by atoms with van der Waals surface area (Å²) in [5.41, 5.74) is 2.36. The molecule has 0 saturated carbocycles. The fourth-order valence-electron chi connectivity index (χ4n) is 2.30. The van der Waals surface area contributed by atoms with Crippen LogP contribution in [0.4, 0.5) is 8.78 Å². The maximum atomic E-state index is 14.3. The zero-order valence-corrected chi connectivity index (χ0v) is 12.8. The van der Waals surface area contributed by atoms with Gasteiger partial charge in [0.1, 0.15) is 0 Å². The van der Waals surface area contributed by atoms with E-state index >= 15 is 0 Å². The van der Waals surface area contributed by atoms with Crippen LogP contribution in [0.5, 0.6) is 0 Å². The first-order valence-electron chi connectivity index (χ1n) is 6.96. The van der Waals surface area contributed by atoms with Crippen molar-refractivity contribution >= 4 is 5.91 Å². The number of aryl methyl sites for hydroxylation is 3. The van der Waals surface area contributed by atoms with Crippen LogP contribution in [0, 0.1) is 20.8 Å². The second kappa shape index (κ2) is 6.22. The van der Waals surface area contributed by atoms with Gasteiger partial charge in [-0.05, 0) is 38.5 Å². The molecule has 1 heterocycles. The summed E-state index contributed by atoms with van der Waals surface area (Å²) in [6.07, 6.45) is 1.48. The highest BCUT2D eigenvalue weighted by Gasteiger charge is 2.33. The summed E-state index contributed by atoms with van der Waals surface area (Å²) in [6, 6.07) is 7.82. The molecule has 1 N–H and O–H groups in total. The molecule has 0 bridgehead atoms. The fraction of sp³-hybridized carbons (Fsp3) is 0.294. The van der Waals surface area contributed by atoms with Crippen LogP contribution in [-0.4, -0.2) is 17.4 Å². The molecule has 2 rings (SSSR count). The van der Waals surface area contributed by atoms with Gasteiger partial charge in [-0.25, -0.2) is 0 Å². The molecule has 2 aromatic rings. The van der Waals surface area contributed by atoms with Crippen LogP contribution < -0.4 is 5.32 Å². The molecule has 0 unspecified atom stereocenters. The molecule has 0 aliphatic carbocycles. The lowest BCUT2D eigenvalue weighted by Crippen LogP contribution is -2.35. The highest BCUT2D eigenvalue weighted by molar-refractivity contribution is 5.94. The van der Waals surface area contributed by atoms with Crippen molar-refractivity contribution in [1.29, 1.82) is 0 Å². The summed E-state index contributed by atoms with van der Waals surface area (Å²) in [7, 11) is 0. The monoisotopic (exact) mass is 304 g/mol. The second-order valence-electron chi connectivity index (χ2n) is 5.39. The standard InChI is InChI=1S/C17H18F2N2O/c1-11-4-5-15(12(2)8-11)17(18,19)10-21-16(22)14-6-7-20-13(3)9-14/h4-9H,10H2,1-3H3,(H,21,22). The number of carbonyl (C=O) groups excluding carboxylic acids is 1. The van der Waals surface area contributed by atoms with Crippen molar-refractivity contribution in [3.05, 3.63) is 64.5 Å². The topological polar surface area (TPSA) is 42.0 Å². The number of alkyl halides is 2. The van der Waals surface area contributed by atoms with Crippen LogP contribution in [0.25, 0.3) is 0 Å². The van der Waals surface area contributed by atoms with Crippen LogP contribution in [-0.2, 0) is 5.92 Å². The first kappa shape index (κ1) is 16.1. The lowest BCUT2D eigenvalue weighted by atomic mass is 10.00. The largest absolute Gasteiger partial charge is 0.346 e. The molecule has 1 amide bonds. The van der Waals surface area contributed by atoms with Crippen LogP contribution in [0.15, 0.2) is 36.5 Å². The van der Waals surface area contributed by atoms with E-state index in [-0.39, 0.29) is 5.56 Å². The maximum absolute atomic E-state index is 14.3. The van der Waals surface area contributed by atoms with E-state index in [4.69, 9.17) is 0 Å². The maximum Gasteiger partial charge on any atom is 0.290 e. The number of benzene rings is 1. The smallest absolute Gasteiger partial charge is 0.290 e. The Balaban J connectivity index is 2.10. The van der Waals surface area contributed by atoms with E-state index in [1.807, 2.05) is 6.92 Å². The number of nitrogens with zero attached hydrogens (tertiary/aromatic N) is 1. The van der Waals surface area contributed by atoms with Crippen molar-refractivity contribution in [2.24, 2.45) is 0 Å². The Hall–Kier alpha value is -2.30. The molecule has 1 aromatic carbocycles. The number of pyridine rings is 1. The van der Waals surface area contributed by atoms with E-state index in [1.54, 1.807) is 32.0 Å². The number of amides is 1. The molecule has 5 heteroatoms. The highest BCUT2D eigenvalue weighted by Crippen LogP contribution is 2.30. The predicted octanol–water partition coefficient (Wildman–Crippen LogP) is 3.53. The van der Waals surface area contributed by atoms with Crippen LogP contribution in [0.1, 0.15) is 32.7 Å². The van der Waals surface area contributed by atoms with Gasteiger partial charge in [0.2, 0.25) is 0 Å². The Morgan fingerprint density at radius 3 is 2.55 bits per heavy atom. The first-order chi connectivity index (χ1) is 10.3. The van der Waals surface area contributed by atoms with Gasteiger partial charge in [-0.15, -0.1) is 0 Å². The van der Waals surface area contributed by atoms with Gasteiger partial charge in [-0.1, -0.05) is 23.8 Å². The molecule has 0 atom stereocenters. The minimum Gasteiger partial charge on any atom is -0.346 e. The van der Waals surface area contributed by atoms with Crippen molar-refractivity contribution < 1.29 is 13.6 Å². The third-order valence-corrected chi connectivity index (χ3v) is 3.41. The number of rotatable bonds is 4. The third-order valence-electron chi connectivity index (χ3n) is 3.41. The molecule has 0 radical (unpaired) electrons. The van der Waals surface area contributed by atoms with Gasteiger partial charge in [-0.3, -0.25) is 9.78 Å². The van der Waals surface area contributed by atoms with Gasteiger partial charge in [-0.2, -0.15) is 8.78 Å². The van der Waals surface area contributed by atoms with Gasteiger partial charge in [0.15, 0.2) is 0 Å². The lowest BCUT2D eigenvalue weighted by molar-refractivity contribution is -0.00307. The third kappa shape index (κ3) is 3.67. The van der Waals surface area contributed by atoms with Crippen LogP contribution >= 0.6 is 0 Å². The number of hydrogen-bond acceptors (Lipinski definition) is 2. The first-order valence-corrected chi connectivity index (χ1v) is 6.96. The molecular weight excluding hydrogens is 286 g/mol. The summed E-state index contributed by atoms with van der Waals surface area (Å²) in [5.74, 6) is -3.65. The second-order valence-corrected chi connectivity index (χ2v) is 5.39. The number of nitrogens with one attached hydrogen (secondary N) is 1. The van der Waals surface area contributed by atoms with Gasteiger partial charge in [0, 0.05) is 23.0 Å². The van der Waals surface area contributed by atoms with Gasteiger partial charge in [0.05, 0.1) is 6.54 Å². The van der Waals surface area contributed by atoms with Gasteiger partial charge in [0.25, 0.3) is 11.8 Å². The van der Waals surface area contributed by atoms with Gasteiger partial charge < -0.3 is 5.32 Å². The molecule has 116 valence electrons. The van der Waals surface area contributed by atoms with E-state index in [9.17, 15) is 13.6 Å². The lowest BCUT2D eigenvalue weighted by Gasteiger charge is -2.20. The number of hydrogen-bond donors (Lipinski definition) is 1.